The van der Waals surface area contributed by atoms with Crippen LogP contribution in [0.3, 0.4) is 0 Å². The van der Waals surface area contributed by atoms with Gasteiger partial charge in [-0.05, 0) is 30.2 Å². The van der Waals surface area contributed by atoms with E-state index in [9.17, 15) is 14.4 Å². The fourth-order valence-electron chi connectivity index (χ4n) is 3.43. The molecule has 0 bridgehead atoms. The van der Waals surface area contributed by atoms with Crippen molar-refractivity contribution in [3.8, 4) is 5.75 Å². The molecule has 1 N–H and O–H groups in total. The van der Waals surface area contributed by atoms with Gasteiger partial charge in [-0.3, -0.25) is 14.5 Å². The second kappa shape index (κ2) is 9.26. The number of carbonyl (C=O) groups is 3. The minimum atomic E-state index is -0.693. The maximum absolute atomic E-state index is 12.8. The molecule has 160 valence electrons. The predicted octanol–water partition coefficient (Wildman–Crippen LogP) is 2.48. The molecule has 0 unspecified atom stereocenters. The summed E-state index contributed by atoms with van der Waals surface area (Å²) in [6.45, 7) is 1.76. The highest BCUT2D eigenvalue weighted by Crippen LogP contribution is 2.40. The van der Waals surface area contributed by atoms with Crippen LogP contribution in [0.5, 0.6) is 5.75 Å². The number of rotatable bonds is 7. The number of hydrogen-bond acceptors (Lipinski definition) is 6. The molecule has 7 nitrogen and oxygen atoms in total. The monoisotopic (exact) mass is 438 g/mol. The summed E-state index contributed by atoms with van der Waals surface area (Å²) in [5.41, 5.74) is 1.93. The minimum Gasteiger partial charge on any atom is -0.484 e. The minimum absolute atomic E-state index is 0.132. The van der Waals surface area contributed by atoms with Crippen LogP contribution in [0.1, 0.15) is 12.5 Å². The summed E-state index contributed by atoms with van der Waals surface area (Å²) in [5.74, 6) is -0.0828. The zero-order chi connectivity index (χ0) is 21.8. The molecule has 2 aromatic carbocycles. The first-order chi connectivity index (χ1) is 15.0. The first-order valence-electron chi connectivity index (χ1n) is 9.87. The first kappa shape index (κ1) is 21.0. The molecule has 0 spiro atoms. The van der Waals surface area contributed by atoms with Crippen molar-refractivity contribution in [1.29, 1.82) is 0 Å². The van der Waals surface area contributed by atoms with Gasteiger partial charge in [-0.1, -0.05) is 48.5 Å². The van der Waals surface area contributed by atoms with Crippen molar-refractivity contribution < 1.29 is 23.9 Å². The smallest absolute Gasteiger partial charge is 0.355 e. The average molecular weight is 439 g/mol. The van der Waals surface area contributed by atoms with Crippen molar-refractivity contribution in [1.82, 2.24) is 10.2 Å². The summed E-state index contributed by atoms with van der Waals surface area (Å²) in [5, 5.41) is 2.38. The standard InChI is InChI=1S/C23H22N2O5S/c1-15-14-31-22-19(24-18(26)13-29-17-10-6-3-7-11-17)21(27)25(22)20(15)23(28)30-12-16-8-4-2-5-9-16/h2-11,19,22H,12-14H2,1H3,(H,24,26)/t19-,22-/m1/s1. The van der Waals surface area contributed by atoms with Crippen LogP contribution in [-0.4, -0.2) is 46.5 Å². The van der Waals surface area contributed by atoms with Gasteiger partial charge < -0.3 is 14.8 Å². The van der Waals surface area contributed by atoms with Crippen molar-refractivity contribution in [2.45, 2.75) is 24.9 Å². The Labute approximate surface area is 184 Å². The van der Waals surface area contributed by atoms with Gasteiger partial charge in [0, 0.05) is 5.75 Å². The lowest BCUT2D eigenvalue weighted by Crippen LogP contribution is -2.70. The first-order valence-corrected chi connectivity index (χ1v) is 10.9. The number of ether oxygens (including phenoxy) is 2. The van der Waals surface area contributed by atoms with E-state index in [1.54, 1.807) is 12.1 Å². The molecule has 1 fully saturated rings. The number of thioether (sulfide) groups is 1. The van der Waals surface area contributed by atoms with Gasteiger partial charge in [-0.25, -0.2) is 4.79 Å². The number of nitrogens with zero attached hydrogens (tertiary/aromatic N) is 1. The molecule has 1 saturated heterocycles. The third-order valence-electron chi connectivity index (χ3n) is 4.99. The number of fused-ring (bicyclic) bond motifs is 1. The summed E-state index contributed by atoms with van der Waals surface area (Å²) in [4.78, 5) is 39.2. The van der Waals surface area contributed by atoms with Crippen molar-refractivity contribution in [3.05, 3.63) is 77.5 Å². The maximum Gasteiger partial charge on any atom is 0.355 e. The molecule has 2 heterocycles. The molecule has 4 rings (SSSR count). The Morgan fingerprint density at radius 3 is 2.48 bits per heavy atom. The SMILES string of the molecule is CC1=C(C(=O)OCc2ccccc2)N2C(=O)[C@@H](NC(=O)COc3ccccc3)[C@H]2SC1. The van der Waals surface area contributed by atoms with Crippen LogP contribution in [0.15, 0.2) is 71.9 Å². The van der Waals surface area contributed by atoms with Crippen LogP contribution in [0.4, 0.5) is 0 Å². The maximum atomic E-state index is 12.8. The largest absolute Gasteiger partial charge is 0.484 e. The Balaban J connectivity index is 1.35. The second-order valence-corrected chi connectivity index (χ2v) is 8.35. The van der Waals surface area contributed by atoms with Gasteiger partial charge in [0.2, 0.25) is 0 Å². The van der Waals surface area contributed by atoms with Crippen LogP contribution < -0.4 is 10.1 Å². The van der Waals surface area contributed by atoms with E-state index in [1.165, 1.54) is 16.7 Å². The van der Waals surface area contributed by atoms with Crippen LogP contribution >= 0.6 is 11.8 Å². The Morgan fingerprint density at radius 1 is 1.10 bits per heavy atom. The number of esters is 1. The fraction of sp³-hybridized carbons (Fsp3) is 0.261. The number of carbonyl (C=O) groups excluding carboxylic acids is 3. The van der Waals surface area contributed by atoms with Crippen LogP contribution in [0.25, 0.3) is 0 Å². The molecule has 0 aliphatic carbocycles. The van der Waals surface area contributed by atoms with E-state index in [0.717, 1.165) is 11.1 Å². The van der Waals surface area contributed by atoms with E-state index in [1.807, 2.05) is 55.5 Å². The summed E-state index contributed by atoms with van der Waals surface area (Å²) in [6, 6.07) is 17.6. The van der Waals surface area contributed by atoms with Gasteiger partial charge in [0.25, 0.3) is 11.8 Å². The van der Waals surface area contributed by atoms with E-state index < -0.39 is 12.0 Å². The van der Waals surface area contributed by atoms with Gasteiger partial charge in [0.05, 0.1) is 0 Å². The summed E-state index contributed by atoms with van der Waals surface area (Å²) in [6.07, 6.45) is 0. The van der Waals surface area contributed by atoms with Gasteiger partial charge in [0.1, 0.15) is 29.5 Å². The van der Waals surface area contributed by atoms with Gasteiger partial charge in [-0.15, -0.1) is 11.8 Å². The molecule has 8 heteroatoms. The second-order valence-electron chi connectivity index (χ2n) is 7.25. The normalized spacial score (nSPS) is 19.9. The number of β-lactam (4-membered cyclic amide) rings is 1. The van der Waals surface area contributed by atoms with E-state index >= 15 is 0 Å². The molecule has 2 aliphatic heterocycles. The lowest BCUT2D eigenvalue weighted by molar-refractivity contribution is -0.153. The molecule has 2 amide bonds. The highest BCUT2D eigenvalue weighted by molar-refractivity contribution is 8.00. The third-order valence-corrected chi connectivity index (χ3v) is 6.42. The number of hydrogen-bond donors (Lipinski definition) is 1. The molecule has 0 aromatic heterocycles. The topological polar surface area (TPSA) is 84.9 Å². The van der Waals surface area contributed by atoms with Gasteiger partial charge >= 0.3 is 5.97 Å². The lowest BCUT2D eigenvalue weighted by atomic mass is 10.0. The molecular formula is C23H22N2O5S. The highest BCUT2D eigenvalue weighted by atomic mass is 32.2. The van der Waals surface area contributed by atoms with Crippen molar-refractivity contribution >= 4 is 29.5 Å². The fourth-order valence-corrected chi connectivity index (χ4v) is 4.73. The van der Waals surface area contributed by atoms with Gasteiger partial charge in [0.15, 0.2) is 6.61 Å². The molecule has 31 heavy (non-hydrogen) atoms. The Morgan fingerprint density at radius 2 is 1.77 bits per heavy atom. The summed E-state index contributed by atoms with van der Waals surface area (Å²) < 4.78 is 10.9. The zero-order valence-corrected chi connectivity index (χ0v) is 17.8. The van der Waals surface area contributed by atoms with Crippen molar-refractivity contribution in [2.24, 2.45) is 0 Å². The Bertz CT molecular complexity index is 1010. The van der Waals surface area contributed by atoms with Crippen LogP contribution in [0.2, 0.25) is 0 Å². The molecule has 2 atom stereocenters. The van der Waals surface area contributed by atoms with Gasteiger partial charge in [-0.2, -0.15) is 0 Å². The number of para-hydroxylation sites is 1. The van der Waals surface area contributed by atoms with E-state index in [2.05, 4.69) is 5.32 Å². The molecule has 2 aromatic rings. The zero-order valence-electron chi connectivity index (χ0n) is 16.9. The number of benzene rings is 2. The van der Waals surface area contributed by atoms with Crippen molar-refractivity contribution in [2.75, 3.05) is 12.4 Å². The third kappa shape index (κ3) is 4.59. The average Bonchev–Trinajstić information content (AvgIpc) is 2.80. The number of amides is 2. The quantitative estimate of drug-likeness (QED) is 0.528. The highest BCUT2D eigenvalue weighted by Gasteiger charge is 2.54. The van der Waals surface area contributed by atoms with E-state index in [4.69, 9.17) is 9.47 Å². The molecule has 0 saturated carbocycles. The molecular weight excluding hydrogens is 416 g/mol. The molecule has 0 radical (unpaired) electrons. The lowest BCUT2D eigenvalue weighted by Gasteiger charge is -2.49. The summed E-state index contributed by atoms with van der Waals surface area (Å²) >= 11 is 1.51. The van der Waals surface area contributed by atoms with Crippen molar-refractivity contribution in [3.63, 3.8) is 0 Å². The summed E-state index contributed by atoms with van der Waals surface area (Å²) in [7, 11) is 0. The Hall–Kier alpha value is -3.26. The van der Waals surface area contributed by atoms with E-state index in [-0.39, 0.29) is 36.1 Å². The molecule has 2 aliphatic rings. The predicted molar refractivity (Wildman–Crippen MR) is 116 cm³/mol. The Kier molecular flexibility index (Phi) is 6.27. The number of nitrogens with one attached hydrogen (secondary N) is 1. The van der Waals surface area contributed by atoms with Crippen LogP contribution in [0, 0.1) is 0 Å². The van der Waals surface area contributed by atoms with Crippen LogP contribution in [-0.2, 0) is 25.7 Å². The van der Waals surface area contributed by atoms with E-state index in [0.29, 0.717) is 11.5 Å².